The molecule has 110 valence electrons. The maximum atomic E-state index is 3.85. The summed E-state index contributed by atoms with van der Waals surface area (Å²) in [4.78, 5) is 5.33. The van der Waals surface area contributed by atoms with Crippen LogP contribution in [0.5, 0.6) is 0 Å². The fraction of sp³-hybridized carbons (Fsp3) is 1.00. The fourth-order valence-electron chi connectivity index (χ4n) is 4.28. The second-order valence-corrected chi connectivity index (χ2v) is 6.93. The molecule has 0 aromatic heterocycles. The summed E-state index contributed by atoms with van der Waals surface area (Å²) in [5.74, 6) is 0.947. The Morgan fingerprint density at radius 1 is 1.05 bits per heavy atom. The van der Waals surface area contributed by atoms with Gasteiger partial charge in [0.1, 0.15) is 0 Å². The second-order valence-electron chi connectivity index (χ2n) is 6.93. The number of likely N-dealkylation sites (tertiary alicyclic amines) is 1. The van der Waals surface area contributed by atoms with Gasteiger partial charge in [0.15, 0.2) is 0 Å². The van der Waals surface area contributed by atoms with Crippen LogP contribution < -0.4 is 5.32 Å². The number of hydrogen-bond donors (Lipinski definition) is 1. The molecule has 3 aliphatic rings. The van der Waals surface area contributed by atoms with Gasteiger partial charge < -0.3 is 15.1 Å². The Morgan fingerprint density at radius 3 is 2.84 bits per heavy atom. The fourth-order valence-corrected chi connectivity index (χ4v) is 4.28. The maximum absolute atomic E-state index is 3.85. The largest absolute Gasteiger partial charge is 0.314 e. The van der Waals surface area contributed by atoms with Gasteiger partial charge in [-0.25, -0.2) is 0 Å². The first-order valence-electron chi connectivity index (χ1n) is 8.53. The van der Waals surface area contributed by atoms with Crippen molar-refractivity contribution in [3.05, 3.63) is 0 Å². The van der Waals surface area contributed by atoms with Crippen molar-refractivity contribution in [2.45, 2.75) is 57.5 Å². The molecule has 3 rings (SSSR count). The molecule has 4 atom stereocenters. The average molecular weight is 265 g/mol. The monoisotopic (exact) mass is 265 g/mol. The molecular formula is C16H31N3. The summed E-state index contributed by atoms with van der Waals surface area (Å²) < 4.78 is 0. The zero-order valence-electron chi connectivity index (χ0n) is 12.6. The molecule has 3 nitrogen and oxygen atoms in total. The van der Waals surface area contributed by atoms with Crippen LogP contribution in [-0.4, -0.2) is 61.2 Å². The van der Waals surface area contributed by atoms with Crippen molar-refractivity contribution in [3.8, 4) is 0 Å². The van der Waals surface area contributed by atoms with E-state index in [1.165, 1.54) is 77.8 Å². The molecule has 0 spiro atoms. The molecule has 3 heteroatoms. The number of nitrogens with one attached hydrogen (secondary N) is 1. The third-order valence-corrected chi connectivity index (χ3v) is 5.60. The molecule has 0 aromatic rings. The van der Waals surface area contributed by atoms with Gasteiger partial charge in [-0.3, -0.25) is 0 Å². The Hall–Kier alpha value is -0.120. The third kappa shape index (κ3) is 3.50. The van der Waals surface area contributed by atoms with Crippen LogP contribution in [0.1, 0.15) is 45.4 Å². The minimum absolute atomic E-state index is 0.817. The molecule has 0 saturated carbocycles. The lowest BCUT2D eigenvalue weighted by Crippen LogP contribution is -2.45. The van der Waals surface area contributed by atoms with Crippen LogP contribution in [0.15, 0.2) is 0 Å². The molecule has 0 aromatic carbocycles. The maximum Gasteiger partial charge on any atom is 0.0120 e. The Labute approximate surface area is 118 Å². The van der Waals surface area contributed by atoms with E-state index >= 15 is 0 Å². The lowest BCUT2D eigenvalue weighted by molar-refractivity contribution is 0.156. The topological polar surface area (TPSA) is 18.5 Å². The lowest BCUT2D eigenvalue weighted by atomic mass is 9.94. The lowest BCUT2D eigenvalue weighted by Gasteiger charge is -2.34. The van der Waals surface area contributed by atoms with Crippen LogP contribution in [0.2, 0.25) is 0 Å². The van der Waals surface area contributed by atoms with Gasteiger partial charge in [-0.1, -0.05) is 6.42 Å². The predicted molar refractivity (Wildman–Crippen MR) is 80.5 cm³/mol. The van der Waals surface area contributed by atoms with Crippen molar-refractivity contribution in [2.24, 2.45) is 5.92 Å². The minimum Gasteiger partial charge on any atom is -0.314 e. The molecule has 1 N–H and O–H groups in total. The van der Waals surface area contributed by atoms with Gasteiger partial charge in [0.05, 0.1) is 0 Å². The molecular weight excluding hydrogens is 234 g/mol. The molecule has 3 heterocycles. The van der Waals surface area contributed by atoms with Crippen molar-refractivity contribution in [3.63, 3.8) is 0 Å². The number of fused-ring (bicyclic) bond motifs is 2. The summed E-state index contributed by atoms with van der Waals surface area (Å²) in [6.45, 7) is 10.3. The van der Waals surface area contributed by atoms with Crippen LogP contribution in [0.3, 0.4) is 0 Å². The Balaban J connectivity index is 1.32. The van der Waals surface area contributed by atoms with Gasteiger partial charge in [-0.05, 0) is 77.7 Å². The third-order valence-electron chi connectivity index (χ3n) is 5.60. The first-order valence-corrected chi connectivity index (χ1v) is 8.53. The van der Waals surface area contributed by atoms with Crippen LogP contribution in [0.25, 0.3) is 0 Å². The van der Waals surface area contributed by atoms with Gasteiger partial charge in [-0.2, -0.15) is 0 Å². The normalized spacial score (nSPS) is 39.6. The second kappa shape index (κ2) is 6.55. The summed E-state index contributed by atoms with van der Waals surface area (Å²) in [6.07, 6.45) is 8.41. The first-order chi connectivity index (χ1) is 9.33. The average Bonchev–Trinajstić information content (AvgIpc) is 2.81. The van der Waals surface area contributed by atoms with E-state index in [0.717, 1.165) is 18.0 Å². The Morgan fingerprint density at radius 2 is 1.95 bits per heavy atom. The molecule has 3 saturated heterocycles. The molecule has 4 unspecified atom stereocenters. The van der Waals surface area contributed by atoms with E-state index in [1.807, 2.05) is 0 Å². The summed E-state index contributed by atoms with van der Waals surface area (Å²) in [7, 11) is 0. The summed E-state index contributed by atoms with van der Waals surface area (Å²) in [6, 6.07) is 1.64. The summed E-state index contributed by atoms with van der Waals surface area (Å²) >= 11 is 0. The van der Waals surface area contributed by atoms with Crippen LogP contribution in [-0.2, 0) is 0 Å². The van der Waals surface area contributed by atoms with E-state index in [2.05, 4.69) is 22.0 Å². The van der Waals surface area contributed by atoms with Gasteiger partial charge in [0.25, 0.3) is 0 Å². The number of nitrogens with zero attached hydrogens (tertiary/aromatic N) is 2. The highest BCUT2D eigenvalue weighted by atomic mass is 15.2. The van der Waals surface area contributed by atoms with Gasteiger partial charge in [0.2, 0.25) is 0 Å². The van der Waals surface area contributed by atoms with E-state index in [0.29, 0.717) is 0 Å². The van der Waals surface area contributed by atoms with Crippen LogP contribution in [0.4, 0.5) is 0 Å². The highest BCUT2D eigenvalue weighted by Crippen LogP contribution is 2.27. The molecule has 0 aliphatic carbocycles. The highest BCUT2D eigenvalue weighted by Gasteiger charge is 2.33. The van der Waals surface area contributed by atoms with Crippen molar-refractivity contribution in [1.82, 2.24) is 15.1 Å². The van der Waals surface area contributed by atoms with Crippen molar-refractivity contribution in [1.29, 1.82) is 0 Å². The SMILES string of the molecule is CC1CCCCN1CCCNC1CCN2CCC1C2. The van der Waals surface area contributed by atoms with E-state index in [-0.39, 0.29) is 0 Å². The number of hydrogen-bond acceptors (Lipinski definition) is 3. The smallest absolute Gasteiger partial charge is 0.0120 e. The molecule has 2 bridgehead atoms. The van der Waals surface area contributed by atoms with Gasteiger partial charge in [-0.15, -0.1) is 0 Å². The van der Waals surface area contributed by atoms with E-state index in [1.54, 1.807) is 0 Å². The zero-order valence-corrected chi connectivity index (χ0v) is 12.6. The summed E-state index contributed by atoms with van der Waals surface area (Å²) in [5.41, 5.74) is 0. The molecule has 0 radical (unpaired) electrons. The van der Waals surface area contributed by atoms with Crippen LogP contribution >= 0.6 is 0 Å². The van der Waals surface area contributed by atoms with E-state index in [4.69, 9.17) is 0 Å². The first kappa shape index (κ1) is 13.8. The quantitative estimate of drug-likeness (QED) is 0.766. The van der Waals surface area contributed by atoms with Crippen LogP contribution in [0, 0.1) is 5.92 Å². The molecule has 3 fully saturated rings. The molecule has 19 heavy (non-hydrogen) atoms. The Bertz CT molecular complexity index is 281. The minimum atomic E-state index is 0.817. The summed E-state index contributed by atoms with van der Waals surface area (Å²) in [5, 5.41) is 3.85. The highest BCUT2D eigenvalue weighted by molar-refractivity contribution is 4.90. The van der Waals surface area contributed by atoms with Crippen molar-refractivity contribution in [2.75, 3.05) is 39.3 Å². The van der Waals surface area contributed by atoms with Gasteiger partial charge >= 0.3 is 0 Å². The van der Waals surface area contributed by atoms with E-state index < -0.39 is 0 Å². The molecule has 0 amide bonds. The predicted octanol–water partition coefficient (Wildman–Crippen LogP) is 1.93. The standard InChI is InChI=1S/C16H31N3/c1-14-5-2-3-9-19(14)10-4-8-17-16-7-12-18-11-6-15(16)13-18/h14-17H,2-13H2,1H3. The van der Waals surface area contributed by atoms with Crippen molar-refractivity contribution < 1.29 is 0 Å². The zero-order chi connectivity index (χ0) is 13.1. The molecule has 3 aliphatic heterocycles. The van der Waals surface area contributed by atoms with Gasteiger partial charge in [0, 0.05) is 18.6 Å². The van der Waals surface area contributed by atoms with Crippen molar-refractivity contribution >= 4 is 0 Å². The number of rotatable bonds is 5. The Kier molecular flexibility index (Phi) is 4.78. The number of piperidine rings is 2. The van der Waals surface area contributed by atoms with E-state index in [9.17, 15) is 0 Å².